The predicted octanol–water partition coefficient (Wildman–Crippen LogP) is 4.64. The third kappa shape index (κ3) is 7.08. The number of alkyl halides is 3. The number of halogens is 3. The van der Waals surface area contributed by atoms with E-state index in [4.69, 9.17) is 10.00 Å². The lowest BCUT2D eigenvalue weighted by atomic mass is 9.98. The average molecular weight is 540 g/mol. The van der Waals surface area contributed by atoms with Crippen molar-refractivity contribution in [3.63, 3.8) is 0 Å². The van der Waals surface area contributed by atoms with Gasteiger partial charge in [0, 0.05) is 12.5 Å². The second-order valence-electron chi connectivity index (χ2n) is 8.86. The number of ether oxygens (including phenoxy) is 2. The van der Waals surface area contributed by atoms with Crippen LogP contribution in [0.1, 0.15) is 46.4 Å². The van der Waals surface area contributed by atoms with Gasteiger partial charge in [0.25, 0.3) is 5.91 Å². The number of benzene rings is 1. The number of allylic oxidation sites excluding steroid dienone is 2. The van der Waals surface area contributed by atoms with E-state index in [0.29, 0.717) is 35.1 Å². The van der Waals surface area contributed by atoms with Gasteiger partial charge in [-0.15, -0.1) is 13.2 Å². The summed E-state index contributed by atoms with van der Waals surface area (Å²) in [7, 11) is 1.11. The summed E-state index contributed by atoms with van der Waals surface area (Å²) < 4.78 is 46.7. The Balaban J connectivity index is 1.65. The van der Waals surface area contributed by atoms with Gasteiger partial charge in [-0.05, 0) is 60.2 Å². The third-order valence-electron chi connectivity index (χ3n) is 5.99. The minimum Gasteiger partial charge on any atom is -0.452 e. The van der Waals surface area contributed by atoms with Gasteiger partial charge >= 0.3 is 12.5 Å². The fourth-order valence-electron chi connectivity index (χ4n) is 3.86. The molecule has 3 amide bonds. The molecule has 1 atom stereocenters. The summed E-state index contributed by atoms with van der Waals surface area (Å²) in [5, 5.41) is 11.6. The molecule has 0 saturated heterocycles. The Kier molecular flexibility index (Phi) is 8.11. The van der Waals surface area contributed by atoms with Crippen LogP contribution in [0.2, 0.25) is 0 Å². The van der Waals surface area contributed by atoms with Gasteiger partial charge in [0.15, 0.2) is 0 Å². The monoisotopic (exact) mass is 540 g/mol. The lowest BCUT2D eigenvalue weighted by molar-refractivity contribution is -0.335. The van der Waals surface area contributed by atoms with Gasteiger partial charge in [-0.1, -0.05) is 30.4 Å². The molecular formula is C27H23F3N4O5. The molecule has 1 N–H and O–H groups in total. The van der Waals surface area contributed by atoms with Crippen LogP contribution in [-0.4, -0.2) is 42.5 Å². The molecule has 0 radical (unpaired) electrons. The van der Waals surface area contributed by atoms with Crippen molar-refractivity contribution in [1.82, 2.24) is 10.3 Å². The molecule has 0 aliphatic heterocycles. The van der Waals surface area contributed by atoms with Crippen molar-refractivity contribution in [3.8, 4) is 6.07 Å². The van der Waals surface area contributed by atoms with Crippen molar-refractivity contribution in [2.24, 2.45) is 5.92 Å². The number of hydrogen-bond acceptors (Lipinski definition) is 7. The Bertz CT molecular complexity index is 1380. The molecule has 1 heterocycles. The summed E-state index contributed by atoms with van der Waals surface area (Å²) in [6, 6.07) is 11.4. The van der Waals surface area contributed by atoms with Crippen LogP contribution < -0.4 is 10.2 Å². The molecule has 0 spiro atoms. The molecule has 4 rings (SSSR count). The van der Waals surface area contributed by atoms with E-state index in [1.807, 2.05) is 6.07 Å². The van der Waals surface area contributed by atoms with Gasteiger partial charge in [0.1, 0.15) is 11.5 Å². The van der Waals surface area contributed by atoms with Crippen LogP contribution in [0.4, 0.5) is 23.8 Å². The van der Waals surface area contributed by atoms with E-state index < -0.39 is 30.4 Å². The molecule has 2 aromatic rings. The standard InChI is InChI=1S/C27H23F3N4O5/c1-38-26(37)34(25(36)19-6-7-19)23-13-20(18-8-10-21(11-9-18)39-27(28,29)30)12-22(33-23)24(35)32-15-17-4-2-16(14-31)3-5-17/h2-5,8-10,12-13,19,21H,6-7,11,15H2,1H3,(H,32,35). The highest BCUT2D eigenvalue weighted by Crippen LogP contribution is 2.34. The fourth-order valence-corrected chi connectivity index (χ4v) is 3.86. The Morgan fingerprint density at radius 3 is 2.46 bits per heavy atom. The normalized spacial score (nSPS) is 16.6. The molecule has 2 aliphatic rings. The highest BCUT2D eigenvalue weighted by atomic mass is 19.4. The largest absolute Gasteiger partial charge is 0.523 e. The number of pyridine rings is 1. The van der Waals surface area contributed by atoms with Crippen LogP contribution in [0.3, 0.4) is 0 Å². The second kappa shape index (κ2) is 11.5. The van der Waals surface area contributed by atoms with Crippen molar-refractivity contribution < 1.29 is 37.0 Å². The molecular weight excluding hydrogens is 517 g/mol. The van der Waals surface area contributed by atoms with Crippen LogP contribution >= 0.6 is 0 Å². The number of nitriles is 1. The van der Waals surface area contributed by atoms with E-state index in [-0.39, 0.29) is 30.4 Å². The summed E-state index contributed by atoms with van der Waals surface area (Å²) in [5.41, 5.74) is 1.85. The molecule has 1 aromatic carbocycles. The average Bonchev–Trinajstić information content (AvgIpc) is 3.77. The molecule has 1 fully saturated rings. The Morgan fingerprint density at radius 1 is 1.18 bits per heavy atom. The smallest absolute Gasteiger partial charge is 0.452 e. The second-order valence-corrected chi connectivity index (χ2v) is 8.86. The topological polar surface area (TPSA) is 122 Å². The summed E-state index contributed by atoms with van der Waals surface area (Å²) >= 11 is 0. The summed E-state index contributed by atoms with van der Waals surface area (Å²) in [4.78, 5) is 43.6. The molecule has 9 nitrogen and oxygen atoms in total. The van der Waals surface area contributed by atoms with Gasteiger partial charge in [-0.25, -0.2) is 9.78 Å². The number of nitrogens with zero attached hydrogens (tertiary/aromatic N) is 3. The van der Waals surface area contributed by atoms with Crippen molar-refractivity contribution in [2.45, 2.75) is 38.3 Å². The van der Waals surface area contributed by atoms with E-state index in [1.165, 1.54) is 30.4 Å². The summed E-state index contributed by atoms with van der Waals surface area (Å²) in [6.07, 6.45) is -1.75. The first-order chi connectivity index (χ1) is 18.6. The van der Waals surface area contributed by atoms with Gasteiger partial charge in [-0.2, -0.15) is 10.2 Å². The van der Waals surface area contributed by atoms with E-state index in [0.717, 1.165) is 12.0 Å². The number of anilines is 1. The maximum Gasteiger partial charge on any atom is 0.523 e. The maximum atomic E-state index is 13.1. The molecule has 1 aromatic heterocycles. The van der Waals surface area contributed by atoms with Crippen LogP contribution in [0.25, 0.3) is 5.57 Å². The number of carbonyl (C=O) groups is 3. The highest BCUT2D eigenvalue weighted by Gasteiger charge is 2.39. The number of rotatable bonds is 7. The SMILES string of the molecule is COC(=O)N(C(=O)C1CC1)c1cc(C2=CCC(OC(F)(F)F)C=C2)cc(C(=O)NCc2ccc(C#N)cc2)n1. The van der Waals surface area contributed by atoms with E-state index in [2.05, 4.69) is 15.0 Å². The van der Waals surface area contributed by atoms with Gasteiger partial charge < -0.3 is 10.1 Å². The lowest BCUT2D eigenvalue weighted by Gasteiger charge is -2.21. The highest BCUT2D eigenvalue weighted by molar-refractivity contribution is 6.13. The zero-order valence-electron chi connectivity index (χ0n) is 20.7. The van der Waals surface area contributed by atoms with E-state index in [9.17, 15) is 27.6 Å². The maximum absolute atomic E-state index is 13.1. The minimum atomic E-state index is -4.80. The number of amides is 3. The van der Waals surface area contributed by atoms with E-state index in [1.54, 1.807) is 24.3 Å². The van der Waals surface area contributed by atoms with Crippen LogP contribution in [0, 0.1) is 17.2 Å². The zero-order chi connectivity index (χ0) is 28.2. The van der Waals surface area contributed by atoms with Crippen LogP contribution in [0.15, 0.2) is 54.6 Å². The number of methoxy groups -OCH3 is 1. The molecule has 12 heteroatoms. The Hall–Kier alpha value is -4.50. The van der Waals surface area contributed by atoms with Gasteiger partial charge in [0.2, 0.25) is 5.91 Å². The Morgan fingerprint density at radius 2 is 1.90 bits per heavy atom. The molecule has 0 bridgehead atoms. The molecule has 1 unspecified atom stereocenters. The van der Waals surface area contributed by atoms with Crippen LogP contribution in [0.5, 0.6) is 0 Å². The Labute approximate surface area is 221 Å². The lowest BCUT2D eigenvalue weighted by Crippen LogP contribution is -2.39. The number of hydrogen-bond donors (Lipinski definition) is 1. The number of aromatic nitrogens is 1. The van der Waals surface area contributed by atoms with Gasteiger partial charge in [-0.3, -0.25) is 14.3 Å². The molecule has 2 aliphatic carbocycles. The van der Waals surface area contributed by atoms with Crippen molar-refractivity contribution in [2.75, 3.05) is 12.0 Å². The molecule has 39 heavy (non-hydrogen) atoms. The van der Waals surface area contributed by atoms with Gasteiger partial charge in [0.05, 0.1) is 24.8 Å². The quantitative estimate of drug-likeness (QED) is 0.543. The van der Waals surface area contributed by atoms with Crippen LogP contribution in [-0.2, 0) is 20.8 Å². The fraction of sp³-hybridized carbons (Fsp3) is 0.296. The number of imide groups is 1. The van der Waals surface area contributed by atoms with Crippen molar-refractivity contribution in [3.05, 3.63) is 77.0 Å². The number of carbonyl (C=O) groups excluding carboxylic acids is 3. The summed E-state index contributed by atoms with van der Waals surface area (Å²) in [6.45, 7) is 0.104. The minimum absolute atomic E-state index is 0.0923. The van der Waals surface area contributed by atoms with E-state index >= 15 is 0 Å². The first-order valence-electron chi connectivity index (χ1n) is 11.9. The summed E-state index contributed by atoms with van der Waals surface area (Å²) in [5.74, 6) is -1.67. The predicted molar refractivity (Wildman–Crippen MR) is 132 cm³/mol. The molecule has 202 valence electrons. The first kappa shape index (κ1) is 27.5. The van der Waals surface area contributed by atoms with Crippen molar-refractivity contribution in [1.29, 1.82) is 5.26 Å². The third-order valence-corrected chi connectivity index (χ3v) is 5.99. The number of nitrogens with one attached hydrogen (secondary N) is 1. The zero-order valence-corrected chi connectivity index (χ0v) is 20.7. The van der Waals surface area contributed by atoms with Crippen molar-refractivity contribution >= 4 is 29.3 Å². The first-order valence-corrected chi connectivity index (χ1v) is 11.9. The molecule has 1 saturated carbocycles.